The van der Waals surface area contributed by atoms with Crippen molar-refractivity contribution in [2.24, 2.45) is 5.41 Å². The molecule has 1 fully saturated rings. The number of hydrogen-bond donors (Lipinski definition) is 1. The van der Waals surface area contributed by atoms with Gasteiger partial charge in [-0.25, -0.2) is 0 Å². The Balaban J connectivity index is 2.49. The van der Waals surface area contributed by atoms with Crippen LogP contribution < -0.4 is 4.74 Å². The predicted molar refractivity (Wildman–Crippen MR) is 74.0 cm³/mol. The summed E-state index contributed by atoms with van der Waals surface area (Å²) < 4.78 is 5.54. The van der Waals surface area contributed by atoms with E-state index in [-0.39, 0.29) is 5.41 Å². The van der Waals surface area contributed by atoms with Gasteiger partial charge in [-0.3, -0.25) is 0 Å². The number of rotatable bonds is 2. The number of hydrogen-bond acceptors (Lipinski definition) is 2. The number of aliphatic hydroxyl groups is 1. The fourth-order valence-electron chi connectivity index (χ4n) is 3.16. The van der Waals surface area contributed by atoms with Gasteiger partial charge in [0.05, 0.1) is 12.7 Å². The van der Waals surface area contributed by atoms with E-state index in [1.54, 1.807) is 7.11 Å². The van der Waals surface area contributed by atoms with Crippen LogP contribution in [-0.4, -0.2) is 12.2 Å². The van der Waals surface area contributed by atoms with Crippen LogP contribution >= 0.6 is 0 Å². The molecule has 1 N–H and O–H groups in total. The first-order valence-electron chi connectivity index (χ1n) is 6.66. The Morgan fingerprint density at radius 1 is 1.17 bits per heavy atom. The Labute approximate surface area is 110 Å². The maximum absolute atomic E-state index is 10.9. The first kappa shape index (κ1) is 13.4. The third kappa shape index (κ3) is 2.14. The van der Waals surface area contributed by atoms with E-state index < -0.39 is 5.60 Å². The summed E-state index contributed by atoms with van der Waals surface area (Å²) in [4.78, 5) is 0. The summed E-state index contributed by atoms with van der Waals surface area (Å²) in [5.74, 6) is 0.857. The lowest BCUT2D eigenvalue weighted by Gasteiger charge is -2.28. The topological polar surface area (TPSA) is 29.5 Å². The van der Waals surface area contributed by atoms with Gasteiger partial charge in [0.25, 0.3) is 0 Å². The van der Waals surface area contributed by atoms with Gasteiger partial charge in [0.2, 0.25) is 0 Å². The summed E-state index contributed by atoms with van der Waals surface area (Å²) in [6, 6.07) is 4.11. The fourth-order valence-corrected chi connectivity index (χ4v) is 3.16. The predicted octanol–water partition coefficient (Wildman–Crippen LogP) is 3.71. The van der Waals surface area contributed by atoms with E-state index in [4.69, 9.17) is 4.74 Å². The van der Waals surface area contributed by atoms with Gasteiger partial charge in [-0.15, -0.1) is 0 Å². The highest BCUT2D eigenvalue weighted by Crippen LogP contribution is 2.51. The van der Waals surface area contributed by atoms with Crippen LogP contribution in [-0.2, 0) is 5.60 Å². The number of aryl methyl sites for hydroxylation is 1. The second kappa shape index (κ2) is 4.27. The molecule has 1 unspecified atom stereocenters. The minimum Gasteiger partial charge on any atom is -0.496 e. The number of methoxy groups -OCH3 is 1. The monoisotopic (exact) mass is 248 g/mol. The van der Waals surface area contributed by atoms with Gasteiger partial charge in [0, 0.05) is 5.56 Å². The minimum absolute atomic E-state index is 0.207. The van der Waals surface area contributed by atoms with Gasteiger partial charge in [0.1, 0.15) is 5.75 Å². The maximum atomic E-state index is 10.9. The molecule has 0 bridgehead atoms. The summed E-state index contributed by atoms with van der Waals surface area (Å²) in [5.41, 5.74) is 2.77. The van der Waals surface area contributed by atoms with Crippen molar-refractivity contribution >= 4 is 0 Å². The molecular formula is C16H24O2. The third-order valence-electron chi connectivity index (χ3n) is 4.37. The van der Waals surface area contributed by atoms with Crippen molar-refractivity contribution in [2.45, 2.75) is 52.6 Å². The molecule has 1 aromatic carbocycles. The van der Waals surface area contributed by atoms with E-state index in [0.717, 1.165) is 36.1 Å². The molecule has 0 radical (unpaired) electrons. The maximum Gasteiger partial charge on any atom is 0.128 e. The van der Waals surface area contributed by atoms with Crippen molar-refractivity contribution in [3.63, 3.8) is 0 Å². The van der Waals surface area contributed by atoms with Gasteiger partial charge in [-0.2, -0.15) is 0 Å². The molecule has 100 valence electrons. The first-order valence-corrected chi connectivity index (χ1v) is 6.66. The molecule has 18 heavy (non-hydrogen) atoms. The molecule has 2 heteroatoms. The Morgan fingerprint density at radius 2 is 1.83 bits per heavy atom. The summed E-state index contributed by atoms with van der Waals surface area (Å²) in [7, 11) is 1.69. The molecule has 0 heterocycles. The lowest BCUT2D eigenvalue weighted by Crippen LogP contribution is -2.24. The molecular weight excluding hydrogens is 224 g/mol. The average molecular weight is 248 g/mol. The van der Waals surface area contributed by atoms with Gasteiger partial charge in [-0.1, -0.05) is 26.0 Å². The van der Waals surface area contributed by atoms with Crippen molar-refractivity contribution in [3.05, 3.63) is 28.8 Å². The first-order chi connectivity index (χ1) is 8.29. The van der Waals surface area contributed by atoms with Crippen LogP contribution in [0.4, 0.5) is 0 Å². The molecule has 0 aliphatic heterocycles. The normalized spacial score (nSPS) is 26.3. The lowest BCUT2D eigenvalue weighted by molar-refractivity contribution is 0.0314. The molecule has 1 atom stereocenters. The van der Waals surface area contributed by atoms with Gasteiger partial charge < -0.3 is 9.84 Å². The van der Waals surface area contributed by atoms with E-state index in [1.165, 1.54) is 5.56 Å². The molecule has 1 saturated carbocycles. The average Bonchev–Trinajstić information content (AvgIpc) is 2.57. The summed E-state index contributed by atoms with van der Waals surface area (Å²) in [6.07, 6.45) is 2.68. The molecule has 2 rings (SSSR count). The van der Waals surface area contributed by atoms with Crippen LogP contribution in [0.25, 0.3) is 0 Å². The van der Waals surface area contributed by atoms with Crippen molar-refractivity contribution in [1.29, 1.82) is 0 Å². The van der Waals surface area contributed by atoms with Crippen LogP contribution in [0.2, 0.25) is 0 Å². The van der Waals surface area contributed by atoms with Crippen LogP contribution in [0.15, 0.2) is 12.1 Å². The van der Waals surface area contributed by atoms with Crippen molar-refractivity contribution in [1.82, 2.24) is 0 Å². The van der Waals surface area contributed by atoms with Crippen LogP contribution in [0.5, 0.6) is 5.75 Å². The molecule has 0 amide bonds. The van der Waals surface area contributed by atoms with Gasteiger partial charge in [0.15, 0.2) is 0 Å². The Kier molecular flexibility index (Phi) is 3.18. The second-order valence-corrected chi connectivity index (χ2v) is 6.46. The van der Waals surface area contributed by atoms with Crippen molar-refractivity contribution in [3.8, 4) is 5.75 Å². The van der Waals surface area contributed by atoms with Crippen LogP contribution in [0.3, 0.4) is 0 Å². The Hall–Kier alpha value is -1.02. The summed E-state index contributed by atoms with van der Waals surface area (Å²) in [6.45, 7) is 8.57. The summed E-state index contributed by atoms with van der Waals surface area (Å²) >= 11 is 0. The second-order valence-electron chi connectivity index (χ2n) is 6.46. The number of ether oxygens (including phenoxy) is 1. The molecule has 1 aliphatic carbocycles. The van der Waals surface area contributed by atoms with E-state index in [9.17, 15) is 5.11 Å². The molecule has 1 aliphatic rings. The molecule has 2 nitrogen and oxygen atoms in total. The molecule has 0 saturated heterocycles. The van der Waals surface area contributed by atoms with Crippen LogP contribution in [0.1, 0.15) is 49.8 Å². The lowest BCUT2D eigenvalue weighted by atomic mass is 9.84. The fraction of sp³-hybridized carbons (Fsp3) is 0.625. The highest BCUT2D eigenvalue weighted by atomic mass is 16.5. The van der Waals surface area contributed by atoms with Gasteiger partial charge in [-0.05, 0) is 49.7 Å². The molecule has 0 aromatic heterocycles. The zero-order valence-corrected chi connectivity index (χ0v) is 12.1. The molecule has 0 spiro atoms. The zero-order valence-electron chi connectivity index (χ0n) is 12.1. The quantitative estimate of drug-likeness (QED) is 0.864. The van der Waals surface area contributed by atoms with Crippen molar-refractivity contribution < 1.29 is 9.84 Å². The molecule has 1 aromatic rings. The zero-order chi connectivity index (χ0) is 13.6. The standard InChI is InChI=1S/C16H24O2/c1-11-6-7-13(14(18-5)12(11)2)16(17)9-8-15(3,4)10-16/h6-7,17H,8-10H2,1-5H3. The van der Waals surface area contributed by atoms with Crippen LogP contribution in [0, 0.1) is 19.3 Å². The van der Waals surface area contributed by atoms with Crippen molar-refractivity contribution in [2.75, 3.05) is 7.11 Å². The minimum atomic E-state index is -0.729. The number of benzene rings is 1. The Morgan fingerprint density at radius 3 is 2.33 bits per heavy atom. The van der Waals surface area contributed by atoms with E-state index in [1.807, 2.05) is 6.07 Å². The van der Waals surface area contributed by atoms with Gasteiger partial charge >= 0.3 is 0 Å². The summed E-state index contributed by atoms with van der Waals surface area (Å²) in [5, 5.41) is 10.9. The highest BCUT2D eigenvalue weighted by Gasteiger charge is 2.44. The largest absolute Gasteiger partial charge is 0.496 e. The van der Waals surface area contributed by atoms with E-state index in [2.05, 4.69) is 33.8 Å². The Bertz CT molecular complexity index is 462. The SMILES string of the molecule is COc1c(C2(O)CCC(C)(C)C2)ccc(C)c1C. The third-order valence-corrected chi connectivity index (χ3v) is 4.37. The highest BCUT2D eigenvalue weighted by molar-refractivity contribution is 5.48. The van der Waals surface area contributed by atoms with E-state index >= 15 is 0 Å². The van der Waals surface area contributed by atoms with E-state index in [0.29, 0.717) is 0 Å². The smallest absolute Gasteiger partial charge is 0.128 e.